The Morgan fingerprint density at radius 1 is 1.06 bits per heavy atom. The van der Waals surface area contributed by atoms with Gasteiger partial charge in [-0.15, -0.1) is 11.3 Å². The van der Waals surface area contributed by atoms with Crippen LogP contribution in [0.4, 0.5) is 0 Å². The van der Waals surface area contributed by atoms with E-state index in [4.69, 9.17) is 23.2 Å². The number of aromatic nitrogens is 1. The van der Waals surface area contributed by atoms with E-state index in [1.165, 1.54) is 0 Å². The minimum absolute atomic E-state index is 0.0644. The van der Waals surface area contributed by atoms with Crippen molar-refractivity contribution in [3.05, 3.63) is 40.2 Å². The smallest absolute Gasteiger partial charge is 0.275 e. The predicted octanol–water partition coefficient (Wildman–Crippen LogP) is 3.57. The van der Waals surface area contributed by atoms with Crippen molar-refractivity contribution in [3.8, 4) is 11.3 Å². The first-order valence-corrected chi connectivity index (χ1v) is 6.12. The summed E-state index contributed by atoms with van der Waals surface area (Å²) in [7, 11) is 0. The summed E-state index contributed by atoms with van der Waals surface area (Å²) in [5, 5.41) is -1.28. The van der Waals surface area contributed by atoms with Gasteiger partial charge in [-0.3, -0.25) is 9.59 Å². The van der Waals surface area contributed by atoms with Crippen molar-refractivity contribution in [2.24, 2.45) is 0 Å². The second-order valence-corrected chi connectivity index (χ2v) is 4.80. The second kappa shape index (κ2) is 4.96. The van der Waals surface area contributed by atoms with Crippen LogP contribution in [0.2, 0.25) is 0 Å². The Morgan fingerprint density at radius 3 is 2.24 bits per heavy atom. The van der Waals surface area contributed by atoms with Crippen molar-refractivity contribution in [1.29, 1.82) is 0 Å². The summed E-state index contributed by atoms with van der Waals surface area (Å²) in [6.07, 6.45) is 0. The Morgan fingerprint density at radius 2 is 1.71 bits per heavy atom. The summed E-state index contributed by atoms with van der Waals surface area (Å²) < 4.78 is 0. The Balaban J connectivity index is 2.60. The Hall–Kier alpha value is -1.23. The van der Waals surface area contributed by atoms with Gasteiger partial charge in [-0.05, 0) is 23.2 Å². The fourth-order valence-electron chi connectivity index (χ4n) is 1.33. The molecule has 6 heteroatoms. The van der Waals surface area contributed by atoms with Crippen LogP contribution in [0.15, 0.2) is 30.3 Å². The third-order valence-electron chi connectivity index (χ3n) is 2.02. The zero-order valence-electron chi connectivity index (χ0n) is 8.31. The lowest BCUT2D eigenvalue weighted by Crippen LogP contribution is -1.89. The van der Waals surface area contributed by atoms with E-state index < -0.39 is 10.5 Å². The van der Waals surface area contributed by atoms with Gasteiger partial charge in [0.05, 0.1) is 5.69 Å². The minimum Gasteiger partial charge on any atom is -0.275 e. The third-order valence-corrected chi connectivity index (χ3v) is 3.67. The van der Waals surface area contributed by atoms with Crippen LogP contribution < -0.4 is 0 Å². The zero-order valence-corrected chi connectivity index (χ0v) is 10.6. The quantitative estimate of drug-likeness (QED) is 0.810. The topological polar surface area (TPSA) is 47.0 Å². The normalized spacial score (nSPS) is 10.2. The van der Waals surface area contributed by atoms with Gasteiger partial charge >= 0.3 is 0 Å². The molecule has 0 aliphatic heterocycles. The average Bonchev–Trinajstić information content (AvgIpc) is 2.75. The van der Waals surface area contributed by atoms with Gasteiger partial charge in [-0.25, -0.2) is 4.98 Å². The van der Waals surface area contributed by atoms with E-state index in [1.807, 2.05) is 6.07 Å². The van der Waals surface area contributed by atoms with Gasteiger partial charge in [0.25, 0.3) is 10.5 Å². The van der Waals surface area contributed by atoms with Gasteiger partial charge in [-0.1, -0.05) is 30.3 Å². The summed E-state index contributed by atoms with van der Waals surface area (Å²) in [4.78, 5) is 26.5. The standard InChI is InChI=1S/C11H5Cl2NO2S/c12-9(15)8-7(6-4-2-1-3-5-6)14-11(17-8)10(13)16/h1-5H. The SMILES string of the molecule is O=C(Cl)c1nc(-c2ccccc2)c(C(=O)Cl)s1. The van der Waals surface area contributed by atoms with E-state index >= 15 is 0 Å². The fraction of sp³-hybridized carbons (Fsp3) is 0. The molecular formula is C11H5Cl2NO2S. The highest BCUT2D eigenvalue weighted by Gasteiger charge is 2.20. The molecule has 1 aromatic carbocycles. The molecule has 0 spiro atoms. The van der Waals surface area contributed by atoms with Crippen molar-refractivity contribution in [2.75, 3.05) is 0 Å². The van der Waals surface area contributed by atoms with Crippen LogP contribution >= 0.6 is 34.5 Å². The van der Waals surface area contributed by atoms with E-state index in [-0.39, 0.29) is 9.88 Å². The van der Waals surface area contributed by atoms with Crippen molar-refractivity contribution >= 4 is 45.0 Å². The summed E-state index contributed by atoms with van der Waals surface area (Å²) in [5.41, 5.74) is 1.11. The van der Waals surface area contributed by atoms with Crippen molar-refractivity contribution in [1.82, 2.24) is 4.98 Å². The molecule has 0 bridgehead atoms. The monoisotopic (exact) mass is 285 g/mol. The molecule has 17 heavy (non-hydrogen) atoms. The van der Waals surface area contributed by atoms with Gasteiger partial charge in [0.2, 0.25) is 0 Å². The van der Waals surface area contributed by atoms with Crippen molar-refractivity contribution < 1.29 is 9.59 Å². The first-order chi connectivity index (χ1) is 8.09. The number of carbonyl (C=O) groups is 2. The molecule has 0 N–H and O–H groups in total. The number of rotatable bonds is 3. The molecule has 86 valence electrons. The molecule has 0 unspecified atom stereocenters. The van der Waals surface area contributed by atoms with Gasteiger partial charge in [0, 0.05) is 5.56 Å². The Labute approximate surface area is 111 Å². The molecule has 0 saturated carbocycles. The van der Waals surface area contributed by atoms with E-state index in [2.05, 4.69) is 4.98 Å². The fourth-order valence-corrected chi connectivity index (χ4v) is 2.44. The van der Waals surface area contributed by atoms with Crippen LogP contribution in [0.5, 0.6) is 0 Å². The molecule has 2 aromatic rings. The van der Waals surface area contributed by atoms with Crippen molar-refractivity contribution in [2.45, 2.75) is 0 Å². The van der Waals surface area contributed by atoms with Crippen LogP contribution in [0.3, 0.4) is 0 Å². The number of thiazole rings is 1. The number of hydrogen-bond donors (Lipinski definition) is 0. The molecule has 2 rings (SSSR count). The van der Waals surface area contributed by atoms with Gasteiger partial charge in [-0.2, -0.15) is 0 Å². The molecule has 0 saturated heterocycles. The van der Waals surface area contributed by atoms with Crippen LogP contribution in [0.25, 0.3) is 11.3 Å². The lowest BCUT2D eigenvalue weighted by atomic mass is 10.1. The summed E-state index contributed by atoms with van der Waals surface area (Å²) >= 11 is 11.7. The Bertz CT molecular complexity index is 580. The highest BCUT2D eigenvalue weighted by Crippen LogP contribution is 2.30. The number of halogens is 2. The maximum atomic E-state index is 11.3. The molecule has 3 nitrogen and oxygen atoms in total. The summed E-state index contributed by atoms with van der Waals surface area (Å²) in [5.74, 6) is 0. The molecule has 0 aliphatic rings. The molecule has 1 aromatic heterocycles. The first-order valence-electron chi connectivity index (χ1n) is 4.55. The molecule has 0 fully saturated rings. The highest BCUT2D eigenvalue weighted by atomic mass is 35.5. The lowest BCUT2D eigenvalue weighted by Gasteiger charge is -1.97. The average molecular weight is 286 g/mol. The van der Waals surface area contributed by atoms with E-state index in [9.17, 15) is 9.59 Å². The maximum absolute atomic E-state index is 11.3. The van der Waals surface area contributed by atoms with Crippen LogP contribution in [0, 0.1) is 0 Å². The lowest BCUT2D eigenvalue weighted by molar-refractivity contribution is 0.107. The highest BCUT2D eigenvalue weighted by molar-refractivity contribution is 7.19. The van der Waals surface area contributed by atoms with E-state index in [1.54, 1.807) is 24.3 Å². The largest absolute Gasteiger partial charge is 0.281 e. The second-order valence-electron chi connectivity index (χ2n) is 3.11. The number of benzene rings is 1. The minimum atomic E-state index is -0.698. The van der Waals surface area contributed by atoms with E-state index in [0.29, 0.717) is 5.69 Å². The van der Waals surface area contributed by atoms with Gasteiger partial charge in [0.15, 0.2) is 5.01 Å². The van der Waals surface area contributed by atoms with Crippen LogP contribution in [-0.2, 0) is 0 Å². The van der Waals surface area contributed by atoms with E-state index in [0.717, 1.165) is 16.9 Å². The third kappa shape index (κ3) is 2.54. The van der Waals surface area contributed by atoms with Crippen LogP contribution in [-0.4, -0.2) is 15.5 Å². The Kier molecular flexibility index (Phi) is 3.57. The molecule has 0 aliphatic carbocycles. The summed E-state index contributed by atoms with van der Waals surface area (Å²) in [6, 6.07) is 9.01. The molecule has 0 amide bonds. The first kappa shape index (κ1) is 12.2. The van der Waals surface area contributed by atoms with Crippen LogP contribution in [0.1, 0.15) is 19.5 Å². The summed E-state index contributed by atoms with van der Waals surface area (Å²) in [6.45, 7) is 0. The number of hydrogen-bond acceptors (Lipinski definition) is 4. The predicted molar refractivity (Wildman–Crippen MR) is 67.9 cm³/mol. The zero-order chi connectivity index (χ0) is 12.4. The molecule has 1 heterocycles. The molecular weight excluding hydrogens is 281 g/mol. The number of nitrogens with zero attached hydrogens (tertiary/aromatic N) is 1. The van der Waals surface area contributed by atoms with Gasteiger partial charge < -0.3 is 0 Å². The molecule has 0 radical (unpaired) electrons. The van der Waals surface area contributed by atoms with Gasteiger partial charge in [0.1, 0.15) is 4.88 Å². The van der Waals surface area contributed by atoms with Crippen molar-refractivity contribution in [3.63, 3.8) is 0 Å². The number of carbonyl (C=O) groups excluding carboxylic acids is 2. The maximum Gasteiger partial charge on any atom is 0.281 e. The molecule has 0 atom stereocenters.